The van der Waals surface area contributed by atoms with E-state index in [0.29, 0.717) is 32.0 Å². The molecule has 7 heterocycles. The Morgan fingerprint density at radius 2 is 1.34 bits per heavy atom. The van der Waals surface area contributed by atoms with Crippen LogP contribution in [0.4, 0.5) is 5.82 Å². The van der Waals surface area contributed by atoms with Gasteiger partial charge in [0.1, 0.15) is 20.6 Å². The first-order chi connectivity index (χ1) is 21.5. The Balaban J connectivity index is 0.000000158. The molecule has 0 unspecified atom stereocenters. The molecule has 218 valence electrons. The van der Waals surface area contributed by atoms with Crippen LogP contribution in [0.15, 0.2) is 79.4 Å². The Kier molecular flexibility index (Phi) is 8.11. The zero-order valence-corrected chi connectivity index (χ0v) is 26.3. The molecule has 0 fully saturated rings. The molecule has 0 aliphatic carbocycles. The standard InChI is InChI=1S/C19H13ClN4O2S.C11H5Cl2N3S/c20-16-7-13-18(22-8-11-3-4-14-15(6-11)26-10-25-14)23-17(24-19(13)27-16)12-2-1-5-21-9-12;12-8-4-7-9(13)15-10(16-11(7)17-8)6-2-1-3-14-5-6/h1-7,9H,8,10H2,(H,22,23,24);1-5H. The number of aromatic nitrogens is 6. The molecule has 1 aromatic carbocycles. The van der Waals surface area contributed by atoms with Gasteiger partial charge in [0, 0.05) is 42.5 Å². The van der Waals surface area contributed by atoms with Gasteiger partial charge in [-0.15, -0.1) is 22.7 Å². The molecule has 0 amide bonds. The average molecular weight is 679 g/mol. The van der Waals surface area contributed by atoms with Gasteiger partial charge in [-0.3, -0.25) is 9.97 Å². The summed E-state index contributed by atoms with van der Waals surface area (Å²) in [5, 5.41) is 5.50. The third-order valence-corrected chi connectivity index (χ3v) is 9.02. The summed E-state index contributed by atoms with van der Waals surface area (Å²) in [4.78, 5) is 27.8. The summed E-state index contributed by atoms with van der Waals surface area (Å²) in [6, 6.07) is 17.1. The quantitative estimate of drug-likeness (QED) is 0.179. The molecule has 0 atom stereocenters. The van der Waals surface area contributed by atoms with E-state index < -0.39 is 0 Å². The molecule has 6 aromatic heterocycles. The van der Waals surface area contributed by atoms with Crippen LogP contribution in [-0.4, -0.2) is 36.7 Å². The van der Waals surface area contributed by atoms with Crippen molar-refractivity contribution in [2.24, 2.45) is 0 Å². The summed E-state index contributed by atoms with van der Waals surface area (Å²) < 4.78 is 12.1. The second-order valence-corrected chi connectivity index (χ2v) is 13.0. The number of pyridine rings is 2. The number of ether oxygens (including phenoxy) is 2. The Hall–Kier alpha value is -4.13. The van der Waals surface area contributed by atoms with Crippen molar-refractivity contribution in [3.63, 3.8) is 0 Å². The first kappa shape index (κ1) is 28.6. The minimum absolute atomic E-state index is 0.265. The summed E-state index contributed by atoms with van der Waals surface area (Å²) in [6.45, 7) is 0.851. The van der Waals surface area contributed by atoms with Gasteiger partial charge in [0.2, 0.25) is 6.79 Å². The predicted octanol–water partition coefficient (Wildman–Crippen LogP) is 8.81. The van der Waals surface area contributed by atoms with Crippen molar-refractivity contribution < 1.29 is 9.47 Å². The molecule has 9 nitrogen and oxygen atoms in total. The molecule has 0 saturated heterocycles. The van der Waals surface area contributed by atoms with Crippen LogP contribution >= 0.6 is 57.5 Å². The van der Waals surface area contributed by atoms with E-state index >= 15 is 0 Å². The number of hydrogen-bond acceptors (Lipinski definition) is 11. The summed E-state index contributed by atoms with van der Waals surface area (Å²) in [7, 11) is 0. The molecular weight excluding hydrogens is 661 g/mol. The van der Waals surface area contributed by atoms with E-state index in [-0.39, 0.29) is 6.79 Å². The lowest BCUT2D eigenvalue weighted by molar-refractivity contribution is 0.174. The largest absolute Gasteiger partial charge is 0.454 e. The van der Waals surface area contributed by atoms with Crippen LogP contribution in [-0.2, 0) is 6.54 Å². The molecule has 7 aromatic rings. The highest BCUT2D eigenvalue weighted by Gasteiger charge is 2.16. The molecule has 1 aliphatic heterocycles. The molecule has 0 bridgehead atoms. The van der Waals surface area contributed by atoms with Crippen LogP contribution in [0.5, 0.6) is 11.5 Å². The van der Waals surface area contributed by atoms with E-state index in [2.05, 4.69) is 30.2 Å². The number of anilines is 1. The molecular formula is C30H18Cl3N7O2S2. The normalized spacial score (nSPS) is 11.9. The van der Waals surface area contributed by atoms with Crippen molar-refractivity contribution >= 4 is 83.7 Å². The molecule has 0 saturated carbocycles. The number of rotatable bonds is 5. The van der Waals surface area contributed by atoms with E-state index in [4.69, 9.17) is 49.3 Å². The second kappa shape index (κ2) is 12.5. The highest BCUT2D eigenvalue weighted by molar-refractivity contribution is 7.22. The molecule has 8 rings (SSSR count). The molecule has 44 heavy (non-hydrogen) atoms. The van der Waals surface area contributed by atoms with Gasteiger partial charge >= 0.3 is 0 Å². The van der Waals surface area contributed by atoms with Crippen molar-refractivity contribution in [1.29, 1.82) is 0 Å². The number of halogens is 3. The maximum absolute atomic E-state index is 6.21. The first-order valence-corrected chi connectivity index (χ1v) is 15.8. The maximum Gasteiger partial charge on any atom is 0.231 e. The summed E-state index contributed by atoms with van der Waals surface area (Å²) in [5.74, 6) is 3.44. The van der Waals surface area contributed by atoms with Gasteiger partial charge in [0.25, 0.3) is 0 Å². The number of nitrogens with one attached hydrogen (secondary N) is 1. The average Bonchev–Trinajstić information content (AvgIpc) is 3.78. The van der Waals surface area contributed by atoms with E-state index in [9.17, 15) is 0 Å². The van der Waals surface area contributed by atoms with Crippen molar-refractivity contribution in [3.05, 3.63) is 98.8 Å². The summed E-state index contributed by atoms with van der Waals surface area (Å²) in [5.41, 5.74) is 2.76. The Labute approximate surface area is 273 Å². The van der Waals surface area contributed by atoms with Crippen LogP contribution in [0.1, 0.15) is 5.56 Å². The molecule has 1 aliphatic rings. The highest BCUT2D eigenvalue weighted by atomic mass is 35.5. The Morgan fingerprint density at radius 1 is 0.705 bits per heavy atom. The highest BCUT2D eigenvalue weighted by Crippen LogP contribution is 2.36. The predicted molar refractivity (Wildman–Crippen MR) is 176 cm³/mol. The van der Waals surface area contributed by atoms with Crippen molar-refractivity contribution in [1.82, 2.24) is 29.9 Å². The third kappa shape index (κ3) is 6.10. The fourth-order valence-corrected chi connectivity index (χ4v) is 6.82. The van der Waals surface area contributed by atoms with Crippen LogP contribution in [0.2, 0.25) is 13.8 Å². The molecule has 14 heteroatoms. The van der Waals surface area contributed by atoms with Crippen LogP contribution in [0.3, 0.4) is 0 Å². The second-order valence-electron chi connectivity index (χ2n) is 9.30. The van der Waals surface area contributed by atoms with E-state index in [0.717, 1.165) is 54.4 Å². The topological polar surface area (TPSA) is 108 Å². The lowest BCUT2D eigenvalue weighted by atomic mass is 10.2. The lowest BCUT2D eigenvalue weighted by Gasteiger charge is -2.09. The minimum Gasteiger partial charge on any atom is -0.454 e. The fourth-order valence-electron chi connectivity index (χ4n) is 4.37. The monoisotopic (exact) mass is 677 g/mol. The van der Waals surface area contributed by atoms with Crippen molar-refractivity contribution in [2.45, 2.75) is 6.54 Å². The zero-order valence-electron chi connectivity index (χ0n) is 22.4. The Morgan fingerprint density at radius 3 is 2.02 bits per heavy atom. The van der Waals surface area contributed by atoms with E-state index in [1.165, 1.54) is 22.7 Å². The van der Waals surface area contributed by atoms with Crippen LogP contribution in [0, 0.1) is 0 Å². The van der Waals surface area contributed by atoms with E-state index in [1.807, 2.05) is 48.5 Å². The van der Waals surface area contributed by atoms with Gasteiger partial charge in [-0.1, -0.05) is 40.9 Å². The number of thiophene rings is 2. The number of nitrogens with zero attached hydrogens (tertiary/aromatic N) is 6. The third-order valence-electron chi connectivity index (χ3n) is 6.42. The molecule has 1 N–H and O–H groups in total. The van der Waals surface area contributed by atoms with Crippen molar-refractivity contribution in [2.75, 3.05) is 12.1 Å². The lowest BCUT2D eigenvalue weighted by Crippen LogP contribution is -2.03. The number of fused-ring (bicyclic) bond motifs is 3. The van der Waals surface area contributed by atoms with E-state index in [1.54, 1.807) is 30.9 Å². The summed E-state index contributed by atoms with van der Waals surface area (Å²) in [6.07, 6.45) is 6.87. The van der Waals surface area contributed by atoms with Gasteiger partial charge in [-0.25, -0.2) is 19.9 Å². The number of hydrogen-bond donors (Lipinski definition) is 1. The first-order valence-electron chi connectivity index (χ1n) is 13.0. The van der Waals surface area contributed by atoms with Crippen LogP contribution < -0.4 is 14.8 Å². The zero-order chi connectivity index (χ0) is 30.0. The van der Waals surface area contributed by atoms with Crippen LogP contribution in [0.25, 0.3) is 43.2 Å². The summed E-state index contributed by atoms with van der Waals surface area (Å²) >= 11 is 21.1. The SMILES string of the molecule is Clc1cc2c(Cl)nc(-c3cccnc3)nc2s1.Clc1cc2c(NCc3ccc4c(c3)OCO4)nc(-c3cccnc3)nc2s1. The van der Waals surface area contributed by atoms with Gasteiger partial charge in [-0.2, -0.15) is 0 Å². The number of benzene rings is 1. The van der Waals surface area contributed by atoms with Gasteiger partial charge in [0.05, 0.1) is 19.4 Å². The maximum atomic E-state index is 6.21. The molecule has 0 radical (unpaired) electrons. The van der Waals surface area contributed by atoms with Crippen molar-refractivity contribution in [3.8, 4) is 34.3 Å². The smallest absolute Gasteiger partial charge is 0.231 e. The minimum atomic E-state index is 0.265. The van der Waals surface area contributed by atoms with Gasteiger partial charge < -0.3 is 14.8 Å². The fraction of sp³-hybridized carbons (Fsp3) is 0.0667. The van der Waals surface area contributed by atoms with Gasteiger partial charge in [-0.05, 0) is 54.1 Å². The van der Waals surface area contributed by atoms with Gasteiger partial charge in [0.15, 0.2) is 23.1 Å². The molecule has 0 spiro atoms. The Bertz CT molecular complexity index is 2110.